The Kier molecular flexibility index (Phi) is 6.79. The van der Waals surface area contributed by atoms with Crippen molar-refractivity contribution in [1.29, 1.82) is 0 Å². The Bertz CT molecular complexity index is 1650. The second-order valence-electron chi connectivity index (χ2n) is 12.0. The number of aliphatic carboxylic acids is 1. The van der Waals surface area contributed by atoms with Gasteiger partial charge >= 0.3 is 10.8 Å². The minimum absolute atomic E-state index is 0.00218. The van der Waals surface area contributed by atoms with Gasteiger partial charge in [-0.15, -0.1) is 11.8 Å². The third kappa shape index (κ3) is 4.17. The SMILES string of the molecule is CC(C)C(C(=O)O)N1C(=O)C2C3CC(C2C1=O)C1C3Sc2[nH]c(=O)sc2[C@@H]1c1ccccc1OCc1ccc(Cl)cc1. The molecule has 11 heteroatoms. The molecule has 2 N–H and O–H groups in total. The number of aromatic amines is 1. The van der Waals surface area contributed by atoms with Gasteiger partial charge in [0, 0.05) is 26.6 Å². The summed E-state index contributed by atoms with van der Waals surface area (Å²) in [4.78, 5) is 57.3. The van der Waals surface area contributed by atoms with E-state index >= 15 is 0 Å². The first kappa shape index (κ1) is 27.7. The van der Waals surface area contributed by atoms with Gasteiger partial charge in [-0.2, -0.15) is 0 Å². The molecule has 1 aromatic heterocycles. The normalized spacial score (nSPS) is 29.9. The zero-order valence-electron chi connectivity index (χ0n) is 22.9. The summed E-state index contributed by atoms with van der Waals surface area (Å²) >= 11 is 8.85. The Morgan fingerprint density at radius 1 is 1.07 bits per heavy atom. The van der Waals surface area contributed by atoms with E-state index in [1.165, 1.54) is 11.3 Å². The van der Waals surface area contributed by atoms with Crippen LogP contribution in [-0.2, 0) is 21.0 Å². The molecule has 3 fully saturated rings. The van der Waals surface area contributed by atoms with E-state index in [9.17, 15) is 24.3 Å². The summed E-state index contributed by atoms with van der Waals surface area (Å²) in [6.45, 7) is 3.79. The number of hydrogen-bond acceptors (Lipinski definition) is 7. The van der Waals surface area contributed by atoms with Crippen molar-refractivity contribution < 1.29 is 24.2 Å². The number of rotatable bonds is 7. The Balaban J connectivity index is 1.28. The number of carbonyl (C=O) groups excluding carboxylic acids is 2. The highest BCUT2D eigenvalue weighted by Crippen LogP contribution is 2.69. The summed E-state index contributed by atoms with van der Waals surface area (Å²) in [6, 6.07) is 14.1. The van der Waals surface area contributed by atoms with E-state index in [0.717, 1.165) is 32.4 Å². The van der Waals surface area contributed by atoms with Crippen molar-refractivity contribution in [2.24, 2.45) is 35.5 Å². The van der Waals surface area contributed by atoms with Gasteiger partial charge in [-0.3, -0.25) is 19.3 Å². The number of para-hydroxylation sites is 1. The molecule has 4 aliphatic rings. The average Bonchev–Trinajstić information content (AvgIpc) is 3.68. The van der Waals surface area contributed by atoms with Crippen LogP contribution in [0.3, 0.4) is 0 Å². The molecule has 3 aromatic rings. The molecule has 2 aromatic carbocycles. The molecule has 218 valence electrons. The number of hydrogen-bond donors (Lipinski definition) is 2. The predicted molar refractivity (Wildman–Crippen MR) is 159 cm³/mol. The zero-order valence-corrected chi connectivity index (χ0v) is 25.2. The molecule has 2 amide bonds. The van der Waals surface area contributed by atoms with Gasteiger partial charge in [0.2, 0.25) is 11.8 Å². The lowest BCUT2D eigenvalue weighted by atomic mass is 9.68. The monoisotopic (exact) mass is 624 g/mol. The highest BCUT2D eigenvalue weighted by Gasteiger charge is 2.70. The van der Waals surface area contributed by atoms with Gasteiger partial charge in [-0.1, -0.05) is 67.1 Å². The fourth-order valence-electron chi connectivity index (χ4n) is 7.97. The number of benzene rings is 2. The molecule has 2 saturated carbocycles. The van der Waals surface area contributed by atoms with E-state index in [-0.39, 0.29) is 45.6 Å². The molecule has 2 aliphatic heterocycles. The topological polar surface area (TPSA) is 117 Å². The summed E-state index contributed by atoms with van der Waals surface area (Å²) in [5, 5.41) is 11.4. The number of amides is 2. The minimum atomic E-state index is -1.18. The van der Waals surface area contributed by atoms with E-state index in [4.69, 9.17) is 16.3 Å². The first-order valence-electron chi connectivity index (χ1n) is 14.1. The Hall–Kier alpha value is -3.08. The highest BCUT2D eigenvalue weighted by molar-refractivity contribution is 8.00. The Morgan fingerprint density at radius 3 is 2.45 bits per heavy atom. The maximum Gasteiger partial charge on any atom is 0.327 e. The smallest absolute Gasteiger partial charge is 0.327 e. The maximum absolute atomic E-state index is 13.9. The number of thioether (sulfide) groups is 1. The predicted octanol–water partition coefficient (Wildman–Crippen LogP) is 5.25. The van der Waals surface area contributed by atoms with Crippen molar-refractivity contribution in [2.45, 2.75) is 49.1 Å². The fraction of sp³-hybridized carbons (Fsp3) is 0.419. The number of H-pyrrole nitrogens is 1. The lowest BCUT2D eigenvalue weighted by Gasteiger charge is -2.43. The number of thiazole rings is 1. The largest absolute Gasteiger partial charge is 0.489 e. The lowest BCUT2D eigenvalue weighted by molar-refractivity contribution is -0.157. The quantitative estimate of drug-likeness (QED) is 0.345. The van der Waals surface area contributed by atoms with Gasteiger partial charge in [0.05, 0.1) is 16.9 Å². The molecule has 42 heavy (non-hydrogen) atoms. The van der Waals surface area contributed by atoms with Crippen LogP contribution in [-0.4, -0.2) is 44.1 Å². The molecule has 7 unspecified atom stereocenters. The third-order valence-electron chi connectivity index (χ3n) is 9.48. The maximum atomic E-state index is 13.9. The summed E-state index contributed by atoms with van der Waals surface area (Å²) < 4.78 is 6.36. The van der Waals surface area contributed by atoms with Gasteiger partial charge in [0.25, 0.3) is 0 Å². The number of halogens is 1. The van der Waals surface area contributed by atoms with Crippen LogP contribution in [0.15, 0.2) is 58.4 Å². The number of likely N-dealkylation sites (tertiary alicyclic amines) is 1. The molecule has 2 bridgehead atoms. The number of imide groups is 1. The zero-order chi connectivity index (χ0) is 29.4. The van der Waals surface area contributed by atoms with Gasteiger partial charge in [0.1, 0.15) is 18.4 Å². The standard InChI is InChI=1S/C31H29ClN2O6S2/c1-13(2)24(30(37)38)34-28(35)22-17-11-18(23(22)29(34)36)25-21(17)20(26-27(41-25)33-31(39)42-26)16-5-3-4-6-19(16)40-12-14-7-9-15(32)10-8-14/h3-10,13,17-18,20-25H,11-12H2,1-2H3,(H,33,39)(H,37,38)/t17?,18?,20-,21?,22?,23?,24?,25?/m1/s1. The lowest BCUT2D eigenvalue weighted by Crippen LogP contribution is -2.49. The summed E-state index contributed by atoms with van der Waals surface area (Å²) in [5.74, 6) is -3.06. The number of ether oxygens (including phenoxy) is 1. The summed E-state index contributed by atoms with van der Waals surface area (Å²) in [7, 11) is 0. The number of carbonyl (C=O) groups is 3. The molecule has 3 heterocycles. The van der Waals surface area contributed by atoms with E-state index in [0.29, 0.717) is 17.4 Å². The Labute approximate surface area is 255 Å². The molecular weight excluding hydrogens is 596 g/mol. The molecule has 8 atom stereocenters. The van der Waals surface area contributed by atoms with Crippen LogP contribution >= 0.6 is 34.7 Å². The average molecular weight is 625 g/mol. The van der Waals surface area contributed by atoms with Crippen LogP contribution in [0, 0.1) is 35.5 Å². The molecule has 0 spiro atoms. The van der Waals surface area contributed by atoms with Gasteiger partial charge in [0.15, 0.2) is 0 Å². The van der Waals surface area contributed by atoms with Gasteiger partial charge < -0.3 is 14.8 Å². The fourth-order valence-corrected chi connectivity index (χ4v) is 11.0. The number of carboxylic acids is 1. The molecule has 7 rings (SSSR count). The van der Waals surface area contributed by atoms with Crippen LogP contribution < -0.4 is 9.61 Å². The van der Waals surface area contributed by atoms with Crippen molar-refractivity contribution in [3.8, 4) is 5.75 Å². The van der Waals surface area contributed by atoms with Crippen molar-refractivity contribution in [1.82, 2.24) is 9.88 Å². The molecule has 1 saturated heterocycles. The van der Waals surface area contributed by atoms with Crippen LogP contribution in [0.2, 0.25) is 5.02 Å². The Morgan fingerprint density at radius 2 is 1.76 bits per heavy atom. The summed E-state index contributed by atoms with van der Waals surface area (Å²) in [5.41, 5.74) is 1.91. The molecular formula is C31H29ClN2O6S2. The van der Waals surface area contributed by atoms with Crippen molar-refractivity contribution >= 4 is 52.5 Å². The van der Waals surface area contributed by atoms with Crippen LogP contribution in [0.1, 0.15) is 42.2 Å². The van der Waals surface area contributed by atoms with E-state index < -0.39 is 29.8 Å². The van der Waals surface area contributed by atoms with Crippen molar-refractivity contribution in [3.05, 3.63) is 79.2 Å². The highest BCUT2D eigenvalue weighted by atomic mass is 35.5. The van der Waals surface area contributed by atoms with Crippen LogP contribution in [0.25, 0.3) is 0 Å². The van der Waals surface area contributed by atoms with Crippen molar-refractivity contribution in [2.75, 3.05) is 0 Å². The second-order valence-corrected chi connectivity index (χ2v) is 14.6. The number of fused-ring (bicyclic) bond motifs is 9. The van der Waals surface area contributed by atoms with E-state index in [1.54, 1.807) is 25.6 Å². The molecule has 0 radical (unpaired) electrons. The first-order chi connectivity index (χ1) is 20.2. The summed E-state index contributed by atoms with van der Waals surface area (Å²) in [6.07, 6.45) is 0.728. The van der Waals surface area contributed by atoms with Crippen LogP contribution in [0.5, 0.6) is 5.75 Å². The minimum Gasteiger partial charge on any atom is -0.489 e. The number of nitrogens with zero attached hydrogens (tertiary/aromatic N) is 1. The molecule has 2 aliphatic carbocycles. The van der Waals surface area contributed by atoms with Crippen molar-refractivity contribution in [3.63, 3.8) is 0 Å². The van der Waals surface area contributed by atoms with E-state index in [2.05, 4.69) is 4.98 Å². The number of carboxylic acid groups (broad SMARTS) is 1. The third-order valence-corrected chi connectivity index (χ3v) is 12.3. The first-order valence-corrected chi connectivity index (χ1v) is 16.2. The van der Waals surface area contributed by atoms with Gasteiger partial charge in [-0.25, -0.2) is 4.79 Å². The van der Waals surface area contributed by atoms with Gasteiger partial charge in [-0.05, 0) is 53.9 Å². The number of aromatic nitrogens is 1. The van der Waals surface area contributed by atoms with E-state index in [1.807, 2.05) is 48.5 Å². The second kappa shape index (κ2) is 10.3. The number of nitrogens with one attached hydrogen (secondary N) is 1. The van der Waals surface area contributed by atoms with Crippen LogP contribution in [0.4, 0.5) is 0 Å². The molecule has 8 nitrogen and oxygen atoms in total.